The summed E-state index contributed by atoms with van der Waals surface area (Å²) in [4.78, 5) is 20.2. The number of ketones is 2. The maximum atomic E-state index is 10.8. The summed E-state index contributed by atoms with van der Waals surface area (Å²) in [6.45, 7) is 3.06. The standard InChI is InChI=1S/C7H4O.C3H6O/c8-7-5-1-2-6(7)4-3-5;1-3(2)4/h1-4H;1-2H3. The molecule has 0 aromatic rings. The molecule has 0 aromatic heterocycles. The van der Waals surface area contributed by atoms with Crippen molar-refractivity contribution in [3.05, 3.63) is 35.5 Å². The minimum Gasteiger partial charge on any atom is -0.300 e. The molecule has 0 atom stereocenters. The molecule has 0 amide bonds. The second-order valence-corrected chi connectivity index (χ2v) is 2.81. The van der Waals surface area contributed by atoms with Gasteiger partial charge in [0.1, 0.15) is 5.78 Å². The number of carbonyl (C=O) groups excluding carboxylic acids is 2. The van der Waals surface area contributed by atoms with Crippen LogP contribution >= 0.6 is 0 Å². The van der Waals surface area contributed by atoms with Crippen LogP contribution in [0.25, 0.3) is 0 Å². The zero-order valence-electron chi connectivity index (χ0n) is 7.13. The fourth-order valence-electron chi connectivity index (χ4n) is 0.940. The van der Waals surface area contributed by atoms with Gasteiger partial charge in [-0.3, -0.25) is 4.79 Å². The van der Waals surface area contributed by atoms with Gasteiger partial charge in [0.2, 0.25) is 0 Å². The smallest absolute Gasteiger partial charge is 0.193 e. The third kappa shape index (κ3) is 1.78. The third-order valence-corrected chi connectivity index (χ3v) is 1.41. The maximum absolute atomic E-state index is 10.8. The molecule has 0 saturated carbocycles. The first-order valence-electron chi connectivity index (χ1n) is 3.73. The normalized spacial score (nSPS) is 16.7. The Hall–Kier alpha value is -1.44. The highest BCUT2D eigenvalue weighted by Crippen LogP contribution is 2.23. The number of carbonyl (C=O) groups is 2. The molecule has 2 bridgehead atoms. The van der Waals surface area contributed by atoms with Crippen molar-refractivity contribution >= 4 is 11.6 Å². The molecule has 2 aliphatic rings. The average Bonchev–Trinajstić information content (AvgIpc) is 2.48. The van der Waals surface area contributed by atoms with Crippen LogP contribution in [0, 0.1) is 0 Å². The molecule has 2 heteroatoms. The first kappa shape index (κ1) is 8.65. The molecule has 12 heavy (non-hydrogen) atoms. The molecule has 0 fully saturated rings. The Morgan fingerprint density at radius 2 is 1.42 bits per heavy atom. The van der Waals surface area contributed by atoms with Crippen molar-refractivity contribution in [2.75, 3.05) is 0 Å². The van der Waals surface area contributed by atoms with Crippen LogP contribution in [0.1, 0.15) is 13.8 Å². The number of hydrogen-bond donors (Lipinski definition) is 0. The summed E-state index contributed by atoms with van der Waals surface area (Å²) in [5.41, 5.74) is 1.67. The van der Waals surface area contributed by atoms with Crippen molar-refractivity contribution < 1.29 is 9.59 Å². The number of allylic oxidation sites excluding steroid dienone is 6. The zero-order chi connectivity index (χ0) is 9.14. The van der Waals surface area contributed by atoms with E-state index in [2.05, 4.69) is 0 Å². The first-order chi connectivity index (χ1) is 5.61. The molecule has 0 spiro atoms. The van der Waals surface area contributed by atoms with Crippen molar-refractivity contribution in [1.82, 2.24) is 0 Å². The van der Waals surface area contributed by atoms with Crippen LogP contribution in [0.4, 0.5) is 0 Å². The van der Waals surface area contributed by atoms with E-state index in [1.165, 1.54) is 13.8 Å². The number of Topliss-reactive ketones (excluding diaryl/α,β-unsaturated/α-hetero) is 2. The molecule has 0 unspecified atom stereocenters. The summed E-state index contributed by atoms with van der Waals surface area (Å²) in [6.07, 6.45) is 7.38. The number of hydrogen-bond acceptors (Lipinski definition) is 2. The van der Waals surface area contributed by atoms with E-state index in [9.17, 15) is 9.59 Å². The number of rotatable bonds is 0. The second kappa shape index (κ2) is 3.30. The lowest BCUT2D eigenvalue weighted by atomic mass is 10.2. The van der Waals surface area contributed by atoms with Gasteiger partial charge >= 0.3 is 0 Å². The van der Waals surface area contributed by atoms with Gasteiger partial charge in [-0.1, -0.05) is 24.3 Å². The quantitative estimate of drug-likeness (QED) is 0.542. The molecule has 0 aromatic carbocycles. The zero-order valence-corrected chi connectivity index (χ0v) is 7.13. The molecule has 2 aliphatic carbocycles. The van der Waals surface area contributed by atoms with Crippen molar-refractivity contribution in [2.45, 2.75) is 13.8 Å². The first-order valence-corrected chi connectivity index (χ1v) is 3.73. The van der Waals surface area contributed by atoms with Crippen LogP contribution in [-0.4, -0.2) is 11.6 Å². The average molecular weight is 162 g/mol. The predicted octanol–water partition coefficient (Wildman–Crippen LogP) is 1.59. The summed E-state index contributed by atoms with van der Waals surface area (Å²) in [6, 6.07) is 0. The van der Waals surface area contributed by atoms with Crippen LogP contribution < -0.4 is 0 Å². The van der Waals surface area contributed by atoms with Crippen molar-refractivity contribution in [2.24, 2.45) is 0 Å². The van der Waals surface area contributed by atoms with Gasteiger partial charge in [-0.2, -0.15) is 0 Å². The van der Waals surface area contributed by atoms with Gasteiger partial charge in [0, 0.05) is 11.1 Å². The van der Waals surface area contributed by atoms with E-state index in [4.69, 9.17) is 0 Å². The molecular weight excluding hydrogens is 152 g/mol. The topological polar surface area (TPSA) is 34.1 Å². The fraction of sp³-hybridized carbons (Fsp3) is 0.200. The van der Waals surface area contributed by atoms with Crippen molar-refractivity contribution in [1.29, 1.82) is 0 Å². The van der Waals surface area contributed by atoms with E-state index in [0.29, 0.717) is 0 Å². The van der Waals surface area contributed by atoms with Crippen LogP contribution in [0.15, 0.2) is 35.5 Å². The Balaban J connectivity index is 0.000000157. The Morgan fingerprint density at radius 3 is 1.50 bits per heavy atom. The highest BCUT2D eigenvalue weighted by molar-refractivity contribution is 6.17. The van der Waals surface area contributed by atoms with E-state index in [1.807, 2.05) is 24.3 Å². The van der Waals surface area contributed by atoms with E-state index in [-0.39, 0.29) is 11.6 Å². The molecule has 62 valence electrons. The molecule has 0 saturated heterocycles. The molecule has 2 nitrogen and oxygen atoms in total. The third-order valence-electron chi connectivity index (χ3n) is 1.41. The lowest BCUT2D eigenvalue weighted by molar-refractivity contribution is -0.115. The maximum Gasteiger partial charge on any atom is 0.193 e. The van der Waals surface area contributed by atoms with Gasteiger partial charge in [0.15, 0.2) is 5.78 Å². The lowest BCUT2D eigenvalue weighted by Gasteiger charge is -1.78. The van der Waals surface area contributed by atoms with Crippen LogP contribution in [0.5, 0.6) is 0 Å². The SMILES string of the molecule is CC(C)=O.O=C1C2=CC=C1C=C2. The van der Waals surface area contributed by atoms with Crippen molar-refractivity contribution in [3.63, 3.8) is 0 Å². The molecule has 0 aliphatic heterocycles. The summed E-state index contributed by atoms with van der Waals surface area (Å²) in [5.74, 6) is 0.352. The van der Waals surface area contributed by atoms with Gasteiger partial charge in [0.05, 0.1) is 0 Å². The second-order valence-electron chi connectivity index (χ2n) is 2.81. The Kier molecular flexibility index (Phi) is 2.38. The van der Waals surface area contributed by atoms with Gasteiger partial charge in [-0.25, -0.2) is 0 Å². The Bertz CT molecular complexity index is 289. The van der Waals surface area contributed by atoms with Gasteiger partial charge in [-0.15, -0.1) is 0 Å². The monoisotopic (exact) mass is 162 g/mol. The summed E-state index contributed by atoms with van der Waals surface area (Å²) >= 11 is 0. The van der Waals surface area contributed by atoms with Crippen molar-refractivity contribution in [3.8, 4) is 0 Å². The molecular formula is C10H10O2. The minimum absolute atomic E-state index is 0.167. The van der Waals surface area contributed by atoms with Crippen LogP contribution in [0.3, 0.4) is 0 Å². The van der Waals surface area contributed by atoms with E-state index in [1.54, 1.807) is 0 Å². The Morgan fingerprint density at radius 1 is 1.08 bits per heavy atom. The van der Waals surface area contributed by atoms with Gasteiger partial charge in [-0.05, 0) is 13.8 Å². The summed E-state index contributed by atoms with van der Waals surface area (Å²) < 4.78 is 0. The summed E-state index contributed by atoms with van der Waals surface area (Å²) in [7, 11) is 0. The highest BCUT2D eigenvalue weighted by Gasteiger charge is 2.19. The van der Waals surface area contributed by atoms with Crippen LogP contribution in [0.2, 0.25) is 0 Å². The molecule has 2 rings (SSSR count). The van der Waals surface area contributed by atoms with E-state index < -0.39 is 0 Å². The van der Waals surface area contributed by atoms with E-state index >= 15 is 0 Å². The van der Waals surface area contributed by atoms with Gasteiger partial charge in [0.25, 0.3) is 0 Å². The van der Waals surface area contributed by atoms with E-state index in [0.717, 1.165) is 11.1 Å². The molecule has 0 radical (unpaired) electrons. The summed E-state index contributed by atoms with van der Waals surface area (Å²) in [5, 5.41) is 0. The number of fused-ring (bicyclic) bond motifs is 2. The lowest BCUT2D eigenvalue weighted by Crippen LogP contribution is -1.89. The predicted molar refractivity (Wildman–Crippen MR) is 46.7 cm³/mol. The minimum atomic E-state index is 0.167. The fourth-order valence-corrected chi connectivity index (χ4v) is 0.940. The highest BCUT2D eigenvalue weighted by atomic mass is 16.1. The van der Waals surface area contributed by atoms with Gasteiger partial charge < -0.3 is 4.79 Å². The largest absolute Gasteiger partial charge is 0.300 e. The Labute approximate surface area is 71.3 Å². The molecule has 0 heterocycles. The molecule has 0 N–H and O–H groups in total. The van der Waals surface area contributed by atoms with Crippen LogP contribution in [-0.2, 0) is 9.59 Å².